The van der Waals surface area contributed by atoms with Crippen molar-refractivity contribution in [2.24, 2.45) is 10.9 Å². The van der Waals surface area contributed by atoms with Crippen LogP contribution in [0.15, 0.2) is 29.3 Å². The van der Waals surface area contributed by atoms with Gasteiger partial charge in [-0.3, -0.25) is 9.56 Å². The first-order chi connectivity index (χ1) is 11.1. The van der Waals surface area contributed by atoms with E-state index in [1.807, 2.05) is 45.9 Å². The molecule has 0 aliphatic heterocycles. The molecule has 1 atom stereocenters. The molecule has 136 valence electrons. The minimum Gasteiger partial charge on any atom is -0.304 e. The second kappa shape index (κ2) is 9.72. The SMILES string of the molecule is CC(C)C[C@H](/N=C/c1ccccc1Cl)P(=O)(OC(C)C)OC(C)C. The van der Waals surface area contributed by atoms with Crippen LogP contribution < -0.4 is 0 Å². The van der Waals surface area contributed by atoms with Crippen LogP contribution in [0.2, 0.25) is 5.02 Å². The van der Waals surface area contributed by atoms with E-state index in [1.165, 1.54) is 0 Å². The Kier molecular flexibility index (Phi) is 8.66. The third-order valence-electron chi connectivity index (χ3n) is 3.05. The van der Waals surface area contributed by atoms with Gasteiger partial charge in [-0.15, -0.1) is 0 Å². The van der Waals surface area contributed by atoms with E-state index in [4.69, 9.17) is 20.6 Å². The zero-order valence-corrected chi connectivity index (χ0v) is 17.1. The van der Waals surface area contributed by atoms with Gasteiger partial charge in [0.15, 0.2) is 5.78 Å². The molecule has 0 spiro atoms. The fraction of sp³-hybridized carbons (Fsp3) is 0.611. The number of hydrogen-bond acceptors (Lipinski definition) is 4. The summed E-state index contributed by atoms with van der Waals surface area (Å²) >= 11 is 6.17. The van der Waals surface area contributed by atoms with Gasteiger partial charge in [-0.05, 0) is 46.1 Å². The molecule has 0 amide bonds. The smallest absolute Gasteiger partial charge is 0.304 e. The third kappa shape index (κ3) is 7.06. The lowest BCUT2D eigenvalue weighted by Gasteiger charge is -2.28. The molecule has 1 aromatic rings. The molecule has 24 heavy (non-hydrogen) atoms. The average Bonchev–Trinajstić information content (AvgIpc) is 2.42. The molecule has 4 nitrogen and oxygen atoms in total. The third-order valence-corrected chi connectivity index (χ3v) is 5.90. The van der Waals surface area contributed by atoms with Crippen molar-refractivity contribution in [3.05, 3.63) is 34.9 Å². The number of halogens is 1. The lowest BCUT2D eigenvalue weighted by atomic mass is 10.1. The minimum absolute atomic E-state index is 0.209. The molecule has 0 saturated heterocycles. The maximum Gasteiger partial charge on any atom is 0.355 e. The van der Waals surface area contributed by atoms with Gasteiger partial charge in [0.2, 0.25) is 0 Å². The maximum atomic E-state index is 13.4. The van der Waals surface area contributed by atoms with Crippen LogP contribution in [0, 0.1) is 5.92 Å². The summed E-state index contributed by atoms with van der Waals surface area (Å²) in [5.74, 6) is -0.253. The van der Waals surface area contributed by atoms with E-state index in [-0.39, 0.29) is 12.2 Å². The Morgan fingerprint density at radius 3 is 2.08 bits per heavy atom. The van der Waals surface area contributed by atoms with E-state index in [0.717, 1.165) is 5.56 Å². The Bertz CT molecular complexity index is 573. The molecule has 0 fully saturated rings. The van der Waals surface area contributed by atoms with Gasteiger partial charge < -0.3 is 9.05 Å². The first-order valence-corrected chi connectivity index (χ1v) is 10.4. The van der Waals surface area contributed by atoms with Gasteiger partial charge in [-0.1, -0.05) is 43.6 Å². The molecule has 0 unspecified atom stereocenters. The highest BCUT2D eigenvalue weighted by Crippen LogP contribution is 2.57. The number of nitrogens with zero attached hydrogens (tertiary/aromatic N) is 1. The van der Waals surface area contributed by atoms with Crippen molar-refractivity contribution >= 4 is 25.4 Å². The molecular weight excluding hydrogens is 345 g/mol. The Labute approximate surface area is 151 Å². The summed E-state index contributed by atoms with van der Waals surface area (Å²) in [6, 6.07) is 7.42. The highest BCUT2D eigenvalue weighted by atomic mass is 35.5. The van der Waals surface area contributed by atoms with Crippen LogP contribution in [0.4, 0.5) is 0 Å². The van der Waals surface area contributed by atoms with Gasteiger partial charge in [-0.2, -0.15) is 0 Å². The summed E-state index contributed by atoms with van der Waals surface area (Å²) < 4.78 is 24.8. The maximum absolute atomic E-state index is 13.4. The molecule has 0 aliphatic rings. The van der Waals surface area contributed by atoms with E-state index in [1.54, 1.807) is 12.3 Å². The van der Waals surface area contributed by atoms with Crippen LogP contribution in [0.3, 0.4) is 0 Å². The van der Waals surface area contributed by atoms with Crippen molar-refractivity contribution in [1.82, 2.24) is 0 Å². The molecule has 1 rings (SSSR count). The van der Waals surface area contributed by atoms with Gasteiger partial charge in [0.25, 0.3) is 0 Å². The van der Waals surface area contributed by atoms with E-state index in [2.05, 4.69) is 18.8 Å². The van der Waals surface area contributed by atoms with Crippen molar-refractivity contribution in [1.29, 1.82) is 0 Å². The highest BCUT2D eigenvalue weighted by molar-refractivity contribution is 7.54. The number of aliphatic imine (C=N–C) groups is 1. The Balaban J connectivity index is 3.16. The van der Waals surface area contributed by atoms with Crippen molar-refractivity contribution in [3.63, 3.8) is 0 Å². The fourth-order valence-electron chi connectivity index (χ4n) is 2.19. The van der Waals surface area contributed by atoms with Crippen LogP contribution in [-0.4, -0.2) is 24.2 Å². The molecule has 0 N–H and O–H groups in total. The molecule has 0 bridgehead atoms. The van der Waals surface area contributed by atoms with Crippen molar-refractivity contribution in [2.75, 3.05) is 0 Å². The average molecular weight is 374 g/mol. The first-order valence-electron chi connectivity index (χ1n) is 8.38. The Morgan fingerprint density at radius 2 is 1.62 bits per heavy atom. The summed E-state index contributed by atoms with van der Waals surface area (Å²) in [5.41, 5.74) is 0.786. The molecule has 0 aliphatic carbocycles. The molecule has 1 aromatic carbocycles. The number of rotatable bonds is 9. The zero-order chi connectivity index (χ0) is 18.3. The molecule has 6 heteroatoms. The second-order valence-electron chi connectivity index (χ2n) is 6.76. The lowest BCUT2D eigenvalue weighted by molar-refractivity contribution is 0.135. The van der Waals surface area contributed by atoms with Crippen LogP contribution in [0.5, 0.6) is 0 Å². The largest absolute Gasteiger partial charge is 0.355 e. The summed E-state index contributed by atoms with van der Waals surface area (Å²) in [6.45, 7) is 11.5. The zero-order valence-electron chi connectivity index (χ0n) is 15.4. The summed E-state index contributed by atoms with van der Waals surface area (Å²) in [6.07, 6.45) is 1.85. The van der Waals surface area contributed by atoms with E-state index >= 15 is 0 Å². The monoisotopic (exact) mass is 373 g/mol. The van der Waals surface area contributed by atoms with Gasteiger partial charge in [-0.25, -0.2) is 0 Å². The van der Waals surface area contributed by atoms with Gasteiger partial charge in [0.1, 0.15) is 0 Å². The van der Waals surface area contributed by atoms with Gasteiger partial charge >= 0.3 is 7.60 Å². The molecule has 0 saturated carbocycles. The molecule has 0 aromatic heterocycles. The quantitative estimate of drug-likeness (QED) is 0.384. The number of benzene rings is 1. The second-order valence-corrected chi connectivity index (χ2v) is 9.26. The summed E-state index contributed by atoms with van der Waals surface area (Å²) in [7, 11) is -3.39. The van der Waals surface area contributed by atoms with Crippen molar-refractivity contribution in [3.8, 4) is 0 Å². The fourth-order valence-corrected chi connectivity index (χ4v) is 4.79. The highest BCUT2D eigenvalue weighted by Gasteiger charge is 2.38. The van der Waals surface area contributed by atoms with Crippen molar-refractivity contribution < 1.29 is 13.6 Å². The van der Waals surface area contributed by atoms with Gasteiger partial charge in [0.05, 0.1) is 12.2 Å². The minimum atomic E-state index is -3.39. The first kappa shape index (κ1) is 21.4. The van der Waals surface area contributed by atoms with E-state index in [9.17, 15) is 4.57 Å². The van der Waals surface area contributed by atoms with Crippen LogP contribution in [0.25, 0.3) is 0 Å². The predicted molar refractivity (Wildman–Crippen MR) is 102 cm³/mol. The standard InChI is InChI=1S/C18H29ClNO3P/c1-13(2)11-18(20-12-16-9-7-8-10-17(16)19)24(21,22-14(3)4)23-15(5)6/h7-10,12-15,18H,11H2,1-6H3/b20-12+/t18-/m1/s1. The van der Waals surface area contributed by atoms with E-state index < -0.39 is 13.4 Å². The molecular formula is C18H29ClNO3P. The summed E-state index contributed by atoms with van der Waals surface area (Å²) in [4.78, 5) is 4.55. The van der Waals surface area contributed by atoms with Crippen molar-refractivity contribution in [2.45, 2.75) is 66.0 Å². The molecule has 0 radical (unpaired) electrons. The Morgan fingerprint density at radius 1 is 1.08 bits per heavy atom. The van der Waals surface area contributed by atoms with Crippen LogP contribution >= 0.6 is 19.2 Å². The predicted octanol–water partition coefficient (Wildman–Crippen LogP) is 6.17. The summed E-state index contributed by atoms with van der Waals surface area (Å²) in [5, 5.41) is 0.605. The van der Waals surface area contributed by atoms with Crippen LogP contribution in [0.1, 0.15) is 53.5 Å². The van der Waals surface area contributed by atoms with Gasteiger partial charge in [0, 0.05) is 16.8 Å². The lowest BCUT2D eigenvalue weighted by Crippen LogP contribution is -2.19. The van der Waals surface area contributed by atoms with E-state index in [0.29, 0.717) is 17.4 Å². The molecule has 0 heterocycles. The Hall–Kier alpha value is -0.670. The van der Waals surface area contributed by atoms with Crippen LogP contribution in [-0.2, 0) is 13.6 Å². The topological polar surface area (TPSA) is 47.9 Å². The normalized spacial score (nSPS) is 14.2. The number of hydrogen-bond donors (Lipinski definition) is 0.